The third kappa shape index (κ3) is 6.18. The number of aromatic nitrogens is 2. The van der Waals surface area contributed by atoms with Crippen LogP contribution >= 0.6 is 24.0 Å². The van der Waals surface area contributed by atoms with Crippen LogP contribution in [0.1, 0.15) is 45.0 Å². The Morgan fingerprint density at radius 1 is 1.29 bits per heavy atom. The Bertz CT molecular complexity index is 744. The van der Waals surface area contributed by atoms with Crippen molar-refractivity contribution in [1.29, 1.82) is 0 Å². The largest absolute Gasteiger partial charge is 0.357 e. The summed E-state index contributed by atoms with van der Waals surface area (Å²) < 4.78 is 5.30. The van der Waals surface area contributed by atoms with Crippen LogP contribution < -0.4 is 5.32 Å². The van der Waals surface area contributed by atoms with Gasteiger partial charge >= 0.3 is 0 Å². The molecule has 28 heavy (non-hydrogen) atoms. The Morgan fingerprint density at radius 2 is 2.07 bits per heavy atom. The first-order valence-electron chi connectivity index (χ1n) is 10.1. The summed E-state index contributed by atoms with van der Waals surface area (Å²) in [6.07, 6.45) is 4.27. The van der Waals surface area contributed by atoms with Crippen molar-refractivity contribution in [3.63, 3.8) is 0 Å². The topological polar surface area (TPSA) is 66.5 Å². The van der Waals surface area contributed by atoms with Crippen LogP contribution in [0.2, 0.25) is 0 Å². The zero-order valence-electron chi connectivity index (χ0n) is 17.1. The molecule has 1 aromatic heterocycles. The van der Waals surface area contributed by atoms with E-state index in [1.54, 1.807) is 0 Å². The SMILES string of the molecule is CCNC(=NCCc1ccc(-c2nc(CC)no2)cc1)N1CCCC(C)C1.I. The number of likely N-dealkylation sites (tertiary alicyclic amines) is 1. The number of aryl methyl sites for hydroxylation is 1. The van der Waals surface area contributed by atoms with Crippen LogP contribution in [0.25, 0.3) is 11.5 Å². The number of hydrogen-bond acceptors (Lipinski definition) is 4. The summed E-state index contributed by atoms with van der Waals surface area (Å²) in [5.74, 6) is 3.13. The van der Waals surface area contributed by atoms with Crippen molar-refractivity contribution in [2.45, 2.75) is 46.5 Å². The van der Waals surface area contributed by atoms with E-state index in [2.05, 4.69) is 46.3 Å². The summed E-state index contributed by atoms with van der Waals surface area (Å²) >= 11 is 0. The standard InChI is InChI=1S/C21H31N5O.HI/c1-4-19-24-20(27-25-19)18-10-8-17(9-11-18)12-13-23-21(22-5-2)26-14-6-7-16(3)15-26;/h8-11,16H,4-7,12-15H2,1-3H3,(H,22,23);1H. The molecule has 1 aromatic carbocycles. The molecule has 1 N–H and O–H groups in total. The minimum Gasteiger partial charge on any atom is -0.357 e. The Kier molecular flexibility index (Phi) is 9.21. The van der Waals surface area contributed by atoms with Crippen LogP contribution in [-0.2, 0) is 12.8 Å². The fraction of sp³-hybridized carbons (Fsp3) is 0.571. The van der Waals surface area contributed by atoms with Gasteiger partial charge in [-0.15, -0.1) is 24.0 Å². The summed E-state index contributed by atoms with van der Waals surface area (Å²) in [6.45, 7) is 10.4. The number of hydrogen-bond donors (Lipinski definition) is 1. The molecule has 1 aliphatic rings. The van der Waals surface area contributed by atoms with Gasteiger partial charge in [0.1, 0.15) is 0 Å². The van der Waals surface area contributed by atoms with E-state index in [4.69, 9.17) is 9.52 Å². The van der Waals surface area contributed by atoms with Crippen molar-refractivity contribution in [1.82, 2.24) is 20.4 Å². The summed E-state index contributed by atoms with van der Waals surface area (Å²) in [4.78, 5) is 11.6. The lowest BCUT2D eigenvalue weighted by Crippen LogP contribution is -2.46. The molecule has 6 nitrogen and oxygen atoms in total. The third-order valence-electron chi connectivity index (χ3n) is 4.94. The zero-order chi connectivity index (χ0) is 19.1. The van der Waals surface area contributed by atoms with Crippen molar-refractivity contribution in [3.05, 3.63) is 35.7 Å². The highest BCUT2D eigenvalue weighted by molar-refractivity contribution is 14.0. The molecule has 0 amide bonds. The first-order valence-corrected chi connectivity index (χ1v) is 10.1. The summed E-state index contributed by atoms with van der Waals surface area (Å²) in [7, 11) is 0. The van der Waals surface area contributed by atoms with Gasteiger partial charge in [0.25, 0.3) is 5.89 Å². The average molecular weight is 497 g/mol. The van der Waals surface area contributed by atoms with Crippen molar-refractivity contribution < 1.29 is 4.52 Å². The van der Waals surface area contributed by atoms with Crippen molar-refractivity contribution in [3.8, 4) is 11.5 Å². The molecular weight excluding hydrogens is 465 g/mol. The van der Waals surface area contributed by atoms with Crippen molar-refractivity contribution in [2.75, 3.05) is 26.2 Å². The van der Waals surface area contributed by atoms with Crippen LogP contribution in [0, 0.1) is 5.92 Å². The summed E-state index contributed by atoms with van der Waals surface area (Å²) in [5, 5.41) is 7.40. The molecule has 154 valence electrons. The predicted octanol–water partition coefficient (Wildman–Crippen LogP) is 4.16. The monoisotopic (exact) mass is 497 g/mol. The van der Waals surface area contributed by atoms with E-state index in [1.165, 1.54) is 18.4 Å². The van der Waals surface area contributed by atoms with Crippen LogP contribution in [0.4, 0.5) is 0 Å². The summed E-state index contributed by atoms with van der Waals surface area (Å²) in [6, 6.07) is 8.33. The Hall–Kier alpha value is -1.64. The predicted molar refractivity (Wildman–Crippen MR) is 124 cm³/mol. The van der Waals surface area contributed by atoms with Crippen LogP contribution in [0.3, 0.4) is 0 Å². The van der Waals surface area contributed by atoms with Gasteiger partial charge in [0.15, 0.2) is 11.8 Å². The second-order valence-electron chi connectivity index (χ2n) is 7.25. The first-order chi connectivity index (χ1) is 13.2. The molecule has 1 saturated heterocycles. The average Bonchev–Trinajstić information content (AvgIpc) is 3.17. The molecule has 0 spiro atoms. The van der Waals surface area contributed by atoms with Gasteiger partial charge in [0, 0.05) is 38.2 Å². The van der Waals surface area contributed by atoms with E-state index in [0.717, 1.165) is 62.3 Å². The Labute approximate surface area is 185 Å². The highest BCUT2D eigenvalue weighted by Gasteiger charge is 2.18. The Balaban J connectivity index is 0.00000280. The molecule has 2 heterocycles. The number of guanidine groups is 1. The minimum absolute atomic E-state index is 0. The molecule has 7 heteroatoms. The van der Waals surface area contributed by atoms with E-state index in [-0.39, 0.29) is 24.0 Å². The van der Waals surface area contributed by atoms with E-state index < -0.39 is 0 Å². The van der Waals surface area contributed by atoms with Gasteiger partial charge < -0.3 is 14.7 Å². The number of benzene rings is 1. The van der Waals surface area contributed by atoms with Gasteiger partial charge in [-0.2, -0.15) is 4.98 Å². The minimum atomic E-state index is 0. The van der Waals surface area contributed by atoms with E-state index in [9.17, 15) is 0 Å². The number of piperidine rings is 1. The molecule has 0 bridgehead atoms. The third-order valence-corrected chi connectivity index (χ3v) is 4.94. The number of aliphatic imine (C=N–C) groups is 1. The second kappa shape index (κ2) is 11.4. The van der Waals surface area contributed by atoms with Crippen LogP contribution in [-0.4, -0.2) is 47.2 Å². The molecule has 0 radical (unpaired) electrons. The first kappa shape index (κ1) is 22.6. The smallest absolute Gasteiger partial charge is 0.257 e. The maximum Gasteiger partial charge on any atom is 0.257 e. The van der Waals surface area contributed by atoms with Gasteiger partial charge in [-0.05, 0) is 49.8 Å². The molecule has 1 aliphatic heterocycles. The zero-order valence-corrected chi connectivity index (χ0v) is 19.5. The highest BCUT2D eigenvalue weighted by atomic mass is 127. The molecule has 1 unspecified atom stereocenters. The van der Waals surface area contributed by atoms with E-state index in [1.807, 2.05) is 19.1 Å². The van der Waals surface area contributed by atoms with Crippen molar-refractivity contribution in [2.24, 2.45) is 10.9 Å². The molecule has 1 atom stereocenters. The second-order valence-corrected chi connectivity index (χ2v) is 7.25. The van der Waals surface area contributed by atoms with Gasteiger partial charge in [-0.1, -0.05) is 31.1 Å². The lowest BCUT2D eigenvalue weighted by molar-refractivity contribution is 0.266. The molecule has 0 aliphatic carbocycles. The maximum absolute atomic E-state index is 5.30. The molecule has 3 rings (SSSR count). The quantitative estimate of drug-likeness (QED) is 0.369. The van der Waals surface area contributed by atoms with Gasteiger partial charge in [-0.3, -0.25) is 4.99 Å². The van der Waals surface area contributed by atoms with Gasteiger partial charge in [0.2, 0.25) is 0 Å². The number of rotatable bonds is 6. The van der Waals surface area contributed by atoms with Gasteiger partial charge in [-0.25, -0.2) is 0 Å². The molecular formula is C21H32IN5O. The van der Waals surface area contributed by atoms with Crippen molar-refractivity contribution >= 4 is 29.9 Å². The highest BCUT2D eigenvalue weighted by Crippen LogP contribution is 2.18. The van der Waals surface area contributed by atoms with Crippen LogP contribution in [0.5, 0.6) is 0 Å². The van der Waals surface area contributed by atoms with Gasteiger partial charge in [0.05, 0.1) is 0 Å². The van der Waals surface area contributed by atoms with E-state index in [0.29, 0.717) is 5.89 Å². The fourth-order valence-corrected chi connectivity index (χ4v) is 3.43. The van der Waals surface area contributed by atoms with Crippen LogP contribution in [0.15, 0.2) is 33.8 Å². The summed E-state index contributed by atoms with van der Waals surface area (Å²) in [5.41, 5.74) is 2.23. The van der Waals surface area contributed by atoms with E-state index >= 15 is 0 Å². The molecule has 0 saturated carbocycles. The fourth-order valence-electron chi connectivity index (χ4n) is 3.43. The number of nitrogens with one attached hydrogen (secondary N) is 1. The maximum atomic E-state index is 5.30. The lowest BCUT2D eigenvalue weighted by Gasteiger charge is -2.33. The normalized spacial score (nSPS) is 17.3. The number of nitrogens with zero attached hydrogens (tertiary/aromatic N) is 4. The Morgan fingerprint density at radius 3 is 2.71 bits per heavy atom. The lowest BCUT2D eigenvalue weighted by atomic mass is 10.0. The number of halogens is 1. The molecule has 2 aromatic rings. The molecule has 1 fully saturated rings.